The zero-order valence-corrected chi connectivity index (χ0v) is 14.6. The minimum Gasteiger partial charge on any atom is -0.342 e. The van der Waals surface area contributed by atoms with Crippen molar-refractivity contribution >= 4 is 27.7 Å². The molecule has 1 aromatic heterocycles. The van der Waals surface area contributed by atoms with E-state index in [0.717, 1.165) is 15.7 Å². The molecule has 1 saturated heterocycles. The van der Waals surface area contributed by atoms with Gasteiger partial charge in [0.05, 0.1) is 0 Å². The van der Waals surface area contributed by atoms with Crippen molar-refractivity contribution in [1.82, 2.24) is 15.6 Å². The van der Waals surface area contributed by atoms with Gasteiger partial charge in [0.1, 0.15) is 12.1 Å². The molecule has 1 aromatic carbocycles. The van der Waals surface area contributed by atoms with Gasteiger partial charge in [-0.05, 0) is 42.7 Å². The lowest BCUT2D eigenvalue weighted by molar-refractivity contribution is -0.136. The molecule has 3 rings (SSSR count). The summed E-state index contributed by atoms with van der Waals surface area (Å²) in [6.45, 7) is 0. The van der Waals surface area contributed by atoms with Gasteiger partial charge < -0.3 is 10.6 Å². The number of benzene rings is 1. The van der Waals surface area contributed by atoms with Crippen molar-refractivity contribution in [3.63, 3.8) is 0 Å². The number of carbonyl (C=O) groups is 2. The molecule has 1 aliphatic heterocycles. The van der Waals surface area contributed by atoms with Crippen LogP contribution >= 0.6 is 15.9 Å². The highest BCUT2D eigenvalue weighted by Gasteiger charge is 2.33. The Balaban J connectivity index is 1.58. The predicted molar refractivity (Wildman–Crippen MR) is 94.3 cm³/mol. The lowest BCUT2D eigenvalue weighted by Crippen LogP contribution is -2.62. The molecule has 124 valence electrons. The summed E-state index contributed by atoms with van der Waals surface area (Å²) in [6.07, 6.45) is 3.39. The molecule has 0 bridgehead atoms. The van der Waals surface area contributed by atoms with Gasteiger partial charge in [-0.2, -0.15) is 0 Å². The molecule has 2 amide bonds. The number of rotatable bonds is 5. The molecule has 24 heavy (non-hydrogen) atoms. The van der Waals surface area contributed by atoms with Crippen LogP contribution in [0.25, 0.3) is 0 Å². The van der Waals surface area contributed by atoms with E-state index in [0.29, 0.717) is 19.3 Å². The third-order valence-electron chi connectivity index (χ3n) is 4.01. The first-order valence-corrected chi connectivity index (χ1v) is 8.66. The Morgan fingerprint density at radius 2 is 1.79 bits per heavy atom. The van der Waals surface area contributed by atoms with E-state index in [2.05, 4.69) is 31.5 Å². The second-order valence-corrected chi connectivity index (χ2v) is 6.73. The normalized spacial score (nSPS) is 20.4. The van der Waals surface area contributed by atoms with Crippen LogP contribution < -0.4 is 10.6 Å². The molecular weight excluding hydrogens is 370 g/mol. The van der Waals surface area contributed by atoms with Crippen LogP contribution in [-0.2, 0) is 22.4 Å². The highest BCUT2D eigenvalue weighted by molar-refractivity contribution is 9.10. The summed E-state index contributed by atoms with van der Waals surface area (Å²) in [5.41, 5.74) is 1.91. The maximum absolute atomic E-state index is 12.3. The second-order valence-electron chi connectivity index (χ2n) is 5.82. The minimum absolute atomic E-state index is 0.134. The second kappa shape index (κ2) is 7.57. The monoisotopic (exact) mass is 387 g/mol. The van der Waals surface area contributed by atoms with E-state index >= 15 is 0 Å². The van der Waals surface area contributed by atoms with Crippen molar-refractivity contribution in [2.45, 2.75) is 31.3 Å². The fourth-order valence-corrected chi connectivity index (χ4v) is 3.21. The molecule has 0 aliphatic carbocycles. The third kappa shape index (κ3) is 4.20. The lowest BCUT2D eigenvalue weighted by atomic mass is 10.00. The average molecular weight is 388 g/mol. The van der Waals surface area contributed by atoms with Crippen LogP contribution in [-0.4, -0.2) is 28.9 Å². The molecule has 2 heterocycles. The molecular formula is C18H18BrN3O2. The standard InChI is InChI=1S/C18H18BrN3O2/c19-13-5-3-4-12(10-13)11-16-18(24)21-15(17(23)22-16)8-7-14-6-1-2-9-20-14/h1-6,9-10,15-16H,7-8,11H2,(H,21,24)(H,22,23). The van der Waals surface area contributed by atoms with Crippen LogP contribution in [0.5, 0.6) is 0 Å². The number of halogens is 1. The average Bonchev–Trinajstić information content (AvgIpc) is 2.57. The van der Waals surface area contributed by atoms with E-state index in [-0.39, 0.29) is 11.8 Å². The Hall–Kier alpha value is -2.21. The zero-order valence-electron chi connectivity index (χ0n) is 13.0. The highest BCUT2D eigenvalue weighted by Crippen LogP contribution is 2.15. The van der Waals surface area contributed by atoms with Gasteiger partial charge >= 0.3 is 0 Å². The van der Waals surface area contributed by atoms with Crippen LogP contribution in [0.15, 0.2) is 53.1 Å². The van der Waals surface area contributed by atoms with Gasteiger partial charge in [-0.3, -0.25) is 14.6 Å². The Bertz CT molecular complexity index is 736. The molecule has 0 saturated carbocycles. The number of hydrogen-bond acceptors (Lipinski definition) is 3. The molecule has 0 radical (unpaired) electrons. The van der Waals surface area contributed by atoms with Crippen molar-refractivity contribution < 1.29 is 9.59 Å². The van der Waals surface area contributed by atoms with Crippen molar-refractivity contribution in [3.8, 4) is 0 Å². The summed E-state index contributed by atoms with van der Waals surface area (Å²) in [5.74, 6) is -0.272. The lowest BCUT2D eigenvalue weighted by Gasteiger charge is -2.29. The van der Waals surface area contributed by atoms with Crippen molar-refractivity contribution in [2.75, 3.05) is 0 Å². The van der Waals surface area contributed by atoms with E-state index in [4.69, 9.17) is 0 Å². The first-order chi connectivity index (χ1) is 11.6. The molecule has 2 N–H and O–H groups in total. The maximum atomic E-state index is 12.3. The first kappa shape index (κ1) is 16.6. The number of nitrogens with one attached hydrogen (secondary N) is 2. The van der Waals surface area contributed by atoms with E-state index < -0.39 is 12.1 Å². The maximum Gasteiger partial charge on any atom is 0.243 e. The molecule has 1 fully saturated rings. The quantitative estimate of drug-likeness (QED) is 0.823. The molecule has 2 aromatic rings. The van der Waals surface area contributed by atoms with Gasteiger partial charge in [-0.15, -0.1) is 0 Å². The molecule has 2 atom stereocenters. The molecule has 0 spiro atoms. The van der Waals surface area contributed by atoms with Crippen LogP contribution in [0.3, 0.4) is 0 Å². The zero-order chi connectivity index (χ0) is 16.9. The van der Waals surface area contributed by atoms with Crippen LogP contribution in [0.1, 0.15) is 17.7 Å². The number of nitrogens with zero attached hydrogens (tertiary/aromatic N) is 1. The minimum atomic E-state index is -0.530. The summed E-state index contributed by atoms with van der Waals surface area (Å²) in [5, 5.41) is 5.66. The molecule has 5 nitrogen and oxygen atoms in total. The Morgan fingerprint density at radius 1 is 1.00 bits per heavy atom. The number of carbonyl (C=O) groups excluding carboxylic acids is 2. The molecule has 2 unspecified atom stereocenters. The summed E-state index contributed by atoms with van der Waals surface area (Å²) < 4.78 is 0.954. The fraction of sp³-hybridized carbons (Fsp3) is 0.278. The van der Waals surface area contributed by atoms with Crippen molar-refractivity contribution in [1.29, 1.82) is 0 Å². The number of hydrogen-bond donors (Lipinski definition) is 2. The van der Waals surface area contributed by atoms with E-state index in [1.165, 1.54) is 0 Å². The SMILES string of the molecule is O=C1NC(Cc2cccc(Br)c2)C(=O)NC1CCc1ccccn1. The Kier molecular flexibility index (Phi) is 5.25. The van der Waals surface area contributed by atoms with Crippen molar-refractivity contribution in [2.24, 2.45) is 0 Å². The van der Waals surface area contributed by atoms with Crippen LogP contribution in [0.2, 0.25) is 0 Å². The summed E-state index contributed by atoms with van der Waals surface area (Å²) in [7, 11) is 0. The topological polar surface area (TPSA) is 71.1 Å². The molecule has 1 aliphatic rings. The van der Waals surface area contributed by atoms with Crippen LogP contribution in [0.4, 0.5) is 0 Å². The Labute approximate surface area is 149 Å². The van der Waals surface area contributed by atoms with Crippen molar-refractivity contribution in [3.05, 3.63) is 64.4 Å². The highest BCUT2D eigenvalue weighted by atomic mass is 79.9. The fourth-order valence-electron chi connectivity index (χ4n) is 2.76. The number of aromatic nitrogens is 1. The number of piperazine rings is 1. The summed E-state index contributed by atoms with van der Waals surface area (Å²) >= 11 is 3.41. The van der Waals surface area contributed by atoms with Gasteiger partial charge in [0.25, 0.3) is 0 Å². The van der Waals surface area contributed by atoms with Gasteiger partial charge in [-0.1, -0.05) is 34.1 Å². The third-order valence-corrected chi connectivity index (χ3v) is 4.50. The predicted octanol–water partition coefficient (Wildman–Crippen LogP) is 2.00. The summed E-state index contributed by atoms with van der Waals surface area (Å²) in [6, 6.07) is 12.4. The van der Waals surface area contributed by atoms with Gasteiger partial charge in [-0.25, -0.2) is 0 Å². The van der Waals surface area contributed by atoms with Gasteiger partial charge in [0.15, 0.2) is 0 Å². The first-order valence-electron chi connectivity index (χ1n) is 7.87. The van der Waals surface area contributed by atoms with Gasteiger partial charge in [0.2, 0.25) is 11.8 Å². The van der Waals surface area contributed by atoms with Gasteiger partial charge in [0, 0.05) is 22.8 Å². The number of pyridine rings is 1. The smallest absolute Gasteiger partial charge is 0.243 e. The number of aryl methyl sites for hydroxylation is 1. The Morgan fingerprint density at radius 3 is 2.54 bits per heavy atom. The van der Waals surface area contributed by atoms with Crippen LogP contribution in [0, 0.1) is 0 Å². The van der Waals surface area contributed by atoms with E-state index in [9.17, 15) is 9.59 Å². The number of amides is 2. The largest absolute Gasteiger partial charge is 0.342 e. The molecule has 6 heteroatoms. The summed E-state index contributed by atoms with van der Waals surface area (Å²) in [4.78, 5) is 28.8. The van der Waals surface area contributed by atoms with E-state index in [1.54, 1.807) is 6.20 Å². The van der Waals surface area contributed by atoms with E-state index in [1.807, 2.05) is 42.5 Å².